The van der Waals surface area contributed by atoms with Crippen LogP contribution in [0.25, 0.3) is 0 Å². The Labute approximate surface area is 172 Å². The SMILES string of the molecule is C=CCCC(C1CC(NC(=O)OC(C)(C)C)C1)(N(C)C(=O)CCC)C(C)(C)C. The quantitative estimate of drug-likeness (QED) is 0.568. The van der Waals surface area contributed by atoms with E-state index in [1.165, 1.54) is 0 Å². The lowest BCUT2D eigenvalue weighted by Crippen LogP contribution is -2.66. The van der Waals surface area contributed by atoms with Crippen molar-refractivity contribution >= 4 is 12.0 Å². The average Bonchev–Trinajstić information content (AvgIpc) is 2.49. The third kappa shape index (κ3) is 5.74. The number of carbonyl (C=O) groups is 2. The van der Waals surface area contributed by atoms with Crippen LogP contribution < -0.4 is 5.32 Å². The van der Waals surface area contributed by atoms with Gasteiger partial charge in [-0.05, 0) is 64.2 Å². The Balaban J connectivity index is 3.00. The Morgan fingerprint density at radius 3 is 2.18 bits per heavy atom. The maximum Gasteiger partial charge on any atom is 0.407 e. The summed E-state index contributed by atoms with van der Waals surface area (Å²) in [6.07, 6.45) is 6.45. The normalized spacial score (nSPS) is 21.9. The number of ether oxygens (including phenoxy) is 1. The minimum Gasteiger partial charge on any atom is -0.444 e. The molecule has 0 saturated heterocycles. The van der Waals surface area contributed by atoms with Crippen molar-refractivity contribution in [2.75, 3.05) is 7.05 Å². The number of alkyl carbamates (subject to hydrolysis) is 1. The minimum absolute atomic E-state index is 0.0876. The molecule has 1 atom stereocenters. The molecular formula is C23H42N2O3. The Morgan fingerprint density at radius 2 is 1.75 bits per heavy atom. The molecule has 1 unspecified atom stereocenters. The highest BCUT2D eigenvalue weighted by molar-refractivity contribution is 5.77. The van der Waals surface area contributed by atoms with Gasteiger partial charge in [0.1, 0.15) is 5.60 Å². The fourth-order valence-electron chi connectivity index (χ4n) is 4.66. The topological polar surface area (TPSA) is 58.6 Å². The third-order valence-corrected chi connectivity index (χ3v) is 6.00. The average molecular weight is 395 g/mol. The molecule has 0 bridgehead atoms. The van der Waals surface area contributed by atoms with E-state index in [4.69, 9.17) is 4.74 Å². The van der Waals surface area contributed by atoms with Gasteiger partial charge in [-0.2, -0.15) is 0 Å². The summed E-state index contributed by atoms with van der Waals surface area (Å²) in [6, 6.07) is 0.0972. The summed E-state index contributed by atoms with van der Waals surface area (Å²) in [7, 11) is 1.96. The summed E-state index contributed by atoms with van der Waals surface area (Å²) < 4.78 is 5.39. The van der Waals surface area contributed by atoms with E-state index in [0.29, 0.717) is 12.3 Å². The second kappa shape index (κ2) is 9.32. The van der Waals surface area contributed by atoms with Crippen LogP contribution in [-0.4, -0.2) is 41.1 Å². The lowest BCUT2D eigenvalue weighted by atomic mass is 9.55. The van der Waals surface area contributed by atoms with Gasteiger partial charge in [-0.3, -0.25) is 4.79 Å². The highest BCUT2D eigenvalue weighted by Crippen LogP contribution is 2.52. The largest absolute Gasteiger partial charge is 0.444 e. The Kier molecular flexibility index (Phi) is 8.16. The second-order valence-corrected chi connectivity index (χ2v) is 10.2. The number of allylic oxidation sites excluding steroid dienone is 1. The van der Waals surface area contributed by atoms with Gasteiger partial charge in [0, 0.05) is 19.5 Å². The number of carbonyl (C=O) groups excluding carboxylic acids is 2. The van der Waals surface area contributed by atoms with Gasteiger partial charge in [-0.1, -0.05) is 33.8 Å². The van der Waals surface area contributed by atoms with E-state index < -0.39 is 5.60 Å². The summed E-state index contributed by atoms with van der Waals surface area (Å²) in [5.41, 5.74) is -0.853. The van der Waals surface area contributed by atoms with E-state index >= 15 is 0 Å². The summed E-state index contributed by atoms with van der Waals surface area (Å²) in [5, 5.41) is 2.99. The van der Waals surface area contributed by atoms with E-state index in [-0.39, 0.29) is 29.0 Å². The van der Waals surface area contributed by atoms with Crippen LogP contribution in [0.2, 0.25) is 0 Å². The fourth-order valence-corrected chi connectivity index (χ4v) is 4.66. The molecular weight excluding hydrogens is 352 g/mol. The molecule has 0 heterocycles. The van der Waals surface area contributed by atoms with Gasteiger partial charge in [0.05, 0.1) is 5.54 Å². The van der Waals surface area contributed by atoms with Crippen LogP contribution in [-0.2, 0) is 9.53 Å². The van der Waals surface area contributed by atoms with E-state index in [9.17, 15) is 9.59 Å². The Morgan fingerprint density at radius 1 is 1.18 bits per heavy atom. The number of nitrogens with zero attached hydrogens (tertiary/aromatic N) is 1. The molecule has 0 spiro atoms. The fraction of sp³-hybridized carbons (Fsp3) is 0.826. The predicted molar refractivity (Wildman–Crippen MR) is 115 cm³/mol. The van der Waals surface area contributed by atoms with Crippen molar-refractivity contribution in [2.45, 2.75) is 104 Å². The zero-order valence-electron chi connectivity index (χ0n) is 19.4. The summed E-state index contributed by atoms with van der Waals surface area (Å²) in [6.45, 7) is 18.2. The molecule has 1 N–H and O–H groups in total. The van der Waals surface area contributed by atoms with Crippen LogP contribution in [0.1, 0.15) is 87.0 Å². The van der Waals surface area contributed by atoms with Crippen LogP contribution in [0.4, 0.5) is 4.79 Å². The first-order chi connectivity index (χ1) is 12.8. The lowest BCUT2D eigenvalue weighted by molar-refractivity contribution is -0.151. The molecule has 28 heavy (non-hydrogen) atoms. The second-order valence-electron chi connectivity index (χ2n) is 10.2. The molecule has 0 aliphatic heterocycles. The van der Waals surface area contributed by atoms with E-state index in [1.807, 2.05) is 45.7 Å². The van der Waals surface area contributed by atoms with Crippen molar-refractivity contribution in [1.82, 2.24) is 10.2 Å². The minimum atomic E-state index is -0.501. The Bertz CT molecular complexity index is 553. The first-order valence-electron chi connectivity index (χ1n) is 10.7. The number of nitrogens with one attached hydrogen (secondary N) is 1. The molecule has 5 nitrogen and oxygen atoms in total. The van der Waals surface area contributed by atoms with Crippen molar-refractivity contribution in [2.24, 2.45) is 11.3 Å². The van der Waals surface area contributed by atoms with Crippen molar-refractivity contribution in [1.29, 1.82) is 0 Å². The molecule has 1 fully saturated rings. The molecule has 2 amide bonds. The molecule has 162 valence electrons. The molecule has 0 aromatic carbocycles. The molecule has 5 heteroatoms. The molecule has 1 aliphatic rings. The highest BCUT2D eigenvalue weighted by atomic mass is 16.6. The molecule has 1 rings (SSSR count). The molecule has 0 radical (unpaired) electrons. The maximum absolute atomic E-state index is 12.9. The monoisotopic (exact) mass is 394 g/mol. The van der Waals surface area contributed by atoms with Gasteiger partial charge in [-0.15, -0.1) is 6.58 Å². The van der Waals surface area contributed by atoms with Gasteiger partial charge in [0.25, 0.3) is 0 Å². The van der Waals surface area contributed by atoms with Gasteiger partial charge in [0.15, 0.2) is 0 Å². The van der Waals surface area contributed by atoms with Gasteiger partial charge >= 0.3 is 6.09 Å². The van der Waals surface area contributed by atoms with E-state index in [2.05, 4.69) is 32.7 Å². The molecule has 1 saturated carbocycles. The number of hydrogen-bond donors (Lipinski definition) is 1. The molecule has 1 aliphatic carbocycles. The zero-order chi connectivity index (χ0) is 21.8. The van der Waals surface area contributed by atoms with E-state index in [0.717, 1.165) is 32.1 Å². The Hall–Kier alpha value is -1.52. The van der Waals surface area contributed by atoms with Gasteiger partial charge < -0.3 is 15.0 Å². The van der Waals surface area contributed by atoms with Crippen molar-refractivity contribution in [3.8, 4) is 0 Å². The first-order valence-corrected chi connectivity index (χ1v) is 10.7. The van der Waals surface area contributed by atoms with E-state index in [1.54, 1.807) is 0 Å². The number of amides is 2. The zero-order valence-corrected chi connectivity index (χ0v) is 19.4. The summed E-state index contributed by atoms with van der Waals surface area (Å²) in [4.78, 5) is 27.0. The van der Waals surface area contributed by atoms with Gasteiger partial charge in [0.2, 0.25) is 5.91 Å². The summed E-state index contributed by atoms with van der Waals surface area (Å²) in [5.74, 6) is 0.531. The lowest BCUT2D eigenvalue weighted by Gasteiger charge is -2.60. The van der Waals surface area contributed by atoms with Crippen LogP contribution in [0.3, 0.4) is 0 Å². The molecule has 0 aromatic heterocycles. The third-order valence-electron chi connectivity index (χ3n) is 6.00. The molecule has 0 aromatic rings. The van der Waals surface area contributed by atoms with Crippen LogP contribution in [0.5, 0.6) is 0 Å². The van der Waals surface area contributed by atoms with Crippen molar-refractivity contribution in [3.63, 3.8) is 0 Å². The van der Waals surface area contributed by atoms with Crippen LogP contribution >= 0.6 is 0 Å². The van der Waals surface area contributed by atoms with Crippen LogP contribution in [0, 0.1) is 11.3 Å². The predicted octanol–water partition coefficient (Wildman–Crippen LogP) is 5.30. The first kappa shape index (κ1) is 24.5. The standard InChI is InChI=1S/C23H42N2O3/c1-10-12-14-23(21(3,4)5,25(9)19(26)13-11-2)17-15-18(16-17)24-20(27)28-22(6,7)8/h10,17-18H,1,11-16H2,2-9H3,(H,24,27). The summed E-state index contributed by atoms with van der Waals surface area (Å²) >= 11 is 0. The maximum atomic E-state index is 12.9. The van der Waals surface area contributed by atoms with Gasteiger partial charge in [-0.25, -0.2) is 4.79 Å². The smallest absolute Gasteiger partial charge is 0.407 e. The van der Waals surface area contributed by atoms with Crippen molar-refractivity contribution < 1.29 is 14.3 Å². The van der Waals surface area contributed by atoms with Crippen molar-refractivity contribution in [3.05, 3.63) is 12.7 Å². The number of hydrogen-bond acceptors (Lipinski definition) is 3. The van der Waals surface area contributed by atoms with Crippen LogP contribution in [0.15, 0.2) is 12.7 Å². The number of rotatable bonds is 8. The highest BCUT2D eigenvalue weighted by Gasteiger charge is 2.55.